The van der Waals surface area contributed by atoms with Crippen LogP contribution in [0.3, 0.4) is 0 Å². The first-order chi connectivity index (χ1) is 16.3. The highest BCUT2D eigenvalue weighted by molar-refractivity contribution is 7.98. The molecule has 1 aromatic heterocycles. The van der Waals surface area contributed by atoms with Gasteiger partial charge >= 0.3 is 5.16 Å². The Morgan fingerprint density at radius 2 is 1.65 bits per heavy atom. The number of nitrogens with one attached hydrogen (secondary N) is 1. The molecule has 0 saturated carbocycles. The fraction of sp³-hybridized carbons (Fsp3) is 0.222. The van der Waals surface area contributed by atoms with E-state index >= 15 is 0 Å². The number of carboxylic acid groups (broad SMARTS) is 1. The minimum Gasteiger partial charge on any atom is -0.545 e. The topological polar surface area (TPSA) is 81.9 Å². The molecule has 174 valence electrons. The van der Waals surface area contributed by atoms with Crippen molar-refractivity contribution in [3.05, 3.63) is 89.5 Å². The Balaban J connectivity index is 1.68. The molecule has 6 nitrogen and oxygen atoms in total. The maximum atomic E-state index is 11.0. The van der Waals surface area contributed by atoms with Crippen molar-refractivity contribution >= 4 is 17.7 Å². The normalized spacial score (nSPS) is 11.4. The van der Waals surface area contributed by atoms with E-state index in [0.29, 0.717) is 5.75 Å². The first-order valence-electron chi connectivity index (χ1n) is 10.9. The third kappa shape index (κ3) is 5.15. The van der Waals surface area contributed by atoms with Gasteiger partial charge in [-0.2, -0.15) is 4.57 Å². The Labute approximate surface area is 203 Å². The molecule has 0 aliphatic carbocycles. The van der Waals surface area contributed by atoms with Gasteiger partial charge in [0.15, 0.2) is 0 Å². The number of nitrogens with zero attached hydrogens (tertiary/aromatic N) is 2. The summed E-state index contributed by atoms with van der Waals surface area (Å²) < 4.78 is 7.41. The zero-order chi connectivity index (χ0) is 24.3. The molecule has 0 fully saturated rings. The van der Waals surface area contributed by atoms with Crippen molar-refractivity contribution in [1.29, 1.82) is 0 Å². The van der Waals surface area contributed by atoms with Crippen molar-refractivity contribution in [2.24, 2.45) is 0 Å². The highest BCUT2D eigenvalue weighted by Crippen LogP contribution is 2.27. The average Bonchev–Trinajstić information content (AvgIpc) is 3.26. The molecular formula is C27H27N3O3S. The van der Waals surface area contributed by atoms with E-state index in [1.54, 1.807) is 43.1 Å². The Morgan fingerprint density at radius 3 is 2.21 bits per heavy atom. The number of aromatic amines is 1. The molecule has 0 radical (unpaired) electrons. The summed E-state index contributed by atoms with van der Waals surface area (Å²) in [6.45, 7) is 6.60. The molecule has 0 unspecified atom stereocenters. The summed E-state index contributed by atoms with van der Waals surface area (Å²) in [6.07, 6.45) is 0. The molecule has 3 aromatic carbocycles. The lowest BCUT2D eigenvalue weighted by atomic mass is 9.87. The van der Waals surface area contributed by atoms with E-state index < -0.39 is 5.97 Å². The number of thioether (sulfide) groups is 1. The molecular weight excluding hydrogens is 446 g/mol. The van der Waals surface area contributed by atoms with Crippen molar-refractivity contribution in [3.8, 4) is 22.8 Å². The summed E-state index contributed by atoms with van der Waals surface area (Å²) in [5, 5.41) is 19.6. The highest BCUT2D eigenvalue weighted by atomic mass is 32.2. The van der Waals surface area contributed by atoms with E-state index in [-0.39, 0.29) is 11.0 Å². The molecule has 4 rings (SSSR count). The van der Waals surface area contributed by atoms with Crippen molar-refractivity contribution < 1.29 is 19.2 Å². The number of methoxy groups -OCH3 is 1. The van der Waals surface area contributed by atoms with Crippen LogP contribution in [0, 0.1) is 0 Å². The molecule has 0 bridgehead atoms. The van der Waals surface area contributed by atoms with Gasteiger partial charge in [0.1, 0.15) is 11.4 Å². The monoisotopic (exact) mass is 473 g/mol. The largest absolute Gasteiger partial charge is 0.545 e. The number of carbonyl (C=O) groups excluding carboxylic acids is 1. The Bertz CT molecular complexity index is 1270. The minimum absolute atomic E-state index is 0.0751. The van der Waals surface area contributed by atoms with Crippen LogP contribution in [-0.2, 0) is 11.2 Å². The van der Waals surface area contributed by atoms with Crippen molar-refractivity contribution in [3.63, 3.8) is 0 Å². The summed E-state index contributed by atoms with van der Waals surface area (Å²) in [5.41, 5.74) is 4.49. The standard InChI is InChI=1S/C27H27N3O3S/c1-27(2,3)21-11-9-19(10-12-21)24-28-29-26(30(24)22-13-15-23(33-4)16-14-22)34-17-18-5-7-20(8-6-18)25(31)32/h5-16H,17H2,1-4H3,(H,31,32). The number of H-pyrrole nitrogens is 1. The summed E-state index contributed by atoms with van der Waals surface area (Å²) in [7, 11) is 1.65. The van der Waals surface area contributed by atoms with Crippen LogP contribution in [0.5, 0.6) is 5.75 Å². The molecule has 0 aliphatic rings. The van der Waals surface area contributed by atoms with Gasteiger partial charge in [-0.3, -0.25) is 0 Å². The number of benzene rings is 3. The molecule has 0 spiro atoms. The first kappa shape index (κ1) is 23.6. The van der Waals surface area contributed by atoms with Crippen LogP contribution in [-0.4, -0.2) is 23.3 Å². The van der Waals surface area contributed by atoms with Crippen molar-refractivity contribution in [2.75, 3.05) is 7.11 Å². The van der Waals surface area contributed by atoms with Crippen LogP contribution < -0.4 is 14.4 Å². The van der Waals surface area contributed by atoms with Crippen molar-refractivity contribution in [2.45, 2.75) is 37.1 Å². The lowest BCUT2D eigenvalue weighted by molar-refractivity contribution is -0.625. The minimum atomic E-state index is -1.18. The van der Waals surface area contributed by atoms with Gasteiger partial charge in [0.25, 0.3) is 5.82 Å². The van der Waals surface area contributed by atoms with E-state index in [9.17, 15) is 9.90 Å². The number of aromatic nitrogens is 3. The number of aromatic carboxylic acids is 1. The Kier molecular flexibility index (Phi) is 6.75. The molecule has 0 amide bonds. The third-order valence-corrected chi connectivity index (χ3v) is 6.59. The number of carboxylic acids is 1. The molecule has 7 heteroatoms. The molecule has 1 heterocycles. The van der Waals surface area contributed by atoms with E-state index in [2.05, 4.69) is 59.8 Å². The van der Waals surface area contributed by atoms with Gasteiger partial charge in [0, 0.05) is 5.75 Å². The van der Waals surface area contributed by atoms with Crippen LogP contribution in [0.25, 0.3) is 17.1 Å². The number of carbonyl (C=O) groups is 1. The number of hydrogen-bond acceptors (Lipinski definition) is 5. The van der Waals surface area contributed by atoms with Crippen LogP contribution in [0.2, 0.25) is 0 Å². The SMILES string of the molecule is COc1ccc(-[n+]2c(SCc3ccc(C(=O)[O-])cc3)n[nH]c2-c2ccc(C(C)(C)C)cc2)cc1. The fourth-order valence-corrected chi connectivity index (χ4v) is 4.49. The third-order valence-electron chi connectivity index (χ3n) is 5.58. The maximum Gasteiger partial charge on any atom is 0.342 e. The second kappa shape index (κ2) is 9.73. The quantitative estimate of drug-likeness (QED) is 0.319. The van der Waals surface area contributed by atoms with E-state index in [1.165, 1.54) is 5.56 Å². The molecule has 1 N–H and O–H groups in total. The van der Waals surface area contributed by atoms with Gasteiger partial charge in [-0.25, -0.2) is 0 Å². The Morgan fingerprint density at radius 1 is 1.00 bits per heavy atom. The highest BCUT2D eigenvalue weighted by Gasteiger charge is 2.24. The van der Waals surface area contributed by atoms with Gasteiger partial charge in [-0.1, -0.05) is 57.2 Å². The molecule has 34 heavy (non-hydrogen) atoms. The van der Waals surface area contributed by atoms with Gasteiger partial charge in [0.2, 0.25) is 0 Å². The summed E-state index contributed by atoms with van der Waals surface area (Å²) in [6, 6.07) is 23.1. The maximum absolute atomic E-state index is 11.0. The molecule has 0 saturated heterocycles. The lowest BCUT2D eigenvalue weighted by Gasteiger charge is -2.18. The number of ether oxygens (including phenoxy) is 1. The second-order valence-corrected chi connectivity index (χ2v) is 9.93. The Hall–Kier alpha value is -3.58. The lowest BCUT2D eigenvalue weighted by Crippen LogP contribution is -2.34. The van der Waals surface area contributed by atoms with E-state index in [1.807, 2.05) is 24.3 Å². The van der Waals surface area contributed by atoms with Gasteiger partial charge in [-0.15, -0.1) is 5.10 Å². The van der Waals surface area contributed by atoms with Crippen LogP contribution in [0.1, 0.15) is 42.3 Å². The predicted octanol–water partition coefficient (Wildman–Crippen LogP) is 4.32. The number of rotatable bonds is 7. The van der Waals surface area contributed by atoms with E-state index in [0.717, 1.165) is 33.5 Å². The summed E-state index contributed by atoms with van der Waals surface area (Å²) in [5.74, 6) is 1.12. The van der Waals surface area contributed by atoms with Crippen LogP contribution in [0.15, 0.2) is 78.0 Å². The molecule has 0 atom stereocenters. The van der Waals surface area contributed by atoms with Gasteiger partial charge in [0.05, 0.1) is 23.7 Å². The van der Waals surface area contributed by atoms with Crippen molar-refractivity contribution in [1.82, 2.24) is 10.2 Å². The summed E-state index contributed by atoms with van der Waals surface area (Å²) in [4.78, 5) is 11.0. The van der Waals surface area contributed by atoms with Crippen LogP contribution in [0.4, 0.5) is 0 Å². The zero-order valence-electron chi connectivity index (χ0n) is 19.7. The van der Waals surface area contributed by atoms with Crippen LogP contribution >= 0.6 is 11.8 Å². The van der Waals surface area contributed by atoms with Gasteiger partial charge in [-0.05, 0) is 70.3 Å². The first-order valence-corrected chi connectivity index (χ1v) is 11.9. The van der Waals surface area contributed by atoms with Gasteiger partial charge < -0.3 is 14.6 Å². The predicted molar refractivity (Wildman–Crippen MR) is 131 cm³/mol. The fourth-order valence-electron chi connectivity index (χ4n) is 3.57. The smallest absolute Gasteiger partial charge is 0.342 e. The zero-order valence-corrected chi connectivity index (χ0v) is 20.5. The molecule has 0 aliphatic heterocycles. The average molecular weight is 474 g/mol. The number of hydrogen-bond donors (Lipinski definition) is 1. The molecule has 4 aromatic rings. The summed E-state index contributed by atoms with van der Waals surface area (Å²) >= 11 is 1.57. The second-order valence-electron chi connectivity index (χ2n) is 8.99. The van der Waals surface area contributed by atoms with E-state index in [4.69, 9.17) is 4.74 Å².